The maximum Gasteiger partial charge on any atom is 0.336 e. The Hall–Kier alpha value is -1.46. The van der Waals surface area contributed by atoms with Gasteiger partial charge in [-0.1, -0.05) is 6.07 Å². The van der Waals surface area contributed by atoms with E-state index in [1.807, 2.05) is 0 Å². The predicted molar refractivity (Wildman–Crippen MR) is 66.1 cm³/mol. The Bertz CT molecular complexity index is 443. The summed E-state index contributed by atoms with van der Waals surface area (Å²) in [5, 5.41) is 9.07. The molecule has 0 amide bonds. The highest BCUT2D eigenvalue weighted by Gasteiger charge is 2.17. The lowest BCUT2D eigenvalue weighted by molar-refractivity contribution is 0.0692. The molecule has 1 fully saturated rings. The van der Waals surface area contributed by atoms with Gasteiger partial charge in [-0.3, -0.25) is 4.90 Å². The minimum atomic E-state index is -1.07. The molecule has 1 heterocycles. The Morgan fingerprint density at radius 1 is 1.33 bits per heavy atom. The first-order chi connectivity index (χ1) is 8.56. The molecule has 0 spiro atoms. The number of halogens is 1. The lowest BCUT2D eigenvalue weighted by atomic mass is 10.1. The van der Waals surface area contributed by atoms with Crippen LogP contribution < -0.4 is 0 Å². The Balaban J connectivity index is 2.11. The van der Waals surface area contributed by atoms with Gasteiger partial charge in [0.25, 0.3) is 0 Å². The summed E-state index contributed by atoms with van der Waals surface area (Å²) < 4.78 is 13.1. The van der Waals surface area contributed by atoms with E-state index in [0.717, 1.165) is 32.2 Å². The second kappa shape index (κ2) is 5.46. The number of hydrogen-bond acceptors (Lipinski definition) is 3. The Morgan fingerprint density at radius 2 is 2.00 bits per heavy atom. The van der Waals surface area contributed by atoms with Crippen molar-refractivity contribution in [3.8, 4) is 0 Å². The molecule has 98 valence electrons. The van der Waals surface area contributed by atoms with Crippen molar-refractivity contribution in [1.82, 2.24) is 9.80 Å². The Morgan fingerprint density at radius 3 is 2.61 bits per heavy atom. The molecule has 1 aromatic carbocycles. The molecule has 0 radical (unpaired) electrons. The zero-order chi connectivity index (χ0) is 13.1. The summed E-state index contributed by atoms with van der Waals surface area (Å²) >= 11 is 0. The normalized spacial score (nSPS) is 17.9. The second-order valence-electron chi connectivity index (χ2n) is 4.69. The standard InChI is InChI=1S/C13H17FN2O2/c1-15-4-6-16(7-5-15)9-10-2-3-11(14)8-12(10)13(17)18/h2-3,8H,4-7,9H2,1H3,(H,17,18). The number of carboxylic acid groups (broad SMARTS) is 1. The third-order valence-electron chi connectivity index (χ3n) is 3.29. The van der Waals surface area contributed by atoms with Crippen molar-refractivity contribution in [3.05, 3.63) is 35.1 Å². The van der Waals surface area contributed by atoms with Gasteiger partial charge in [0.2, 0.25) is 0 Å². The summed E-state index contributed by atoms with van der Waals surface area (Å²) in [5.74, 6) is -1.58. The molecule has 4 nitrogen and oxygen atoms in total. The van der Waals surface area contributed by atoms with Gasteiger partial charge in [-0.2, -0.15) is 0 Å². The number of carbonyl (C=O) groups is 1. The topological polar surface area (TPSA) is 43.8 Å². The minimum absolute atomic E-state index is 0.0638. The van der Waals surface area contributed by atoms with Crippen molar-refractivity contribution in [2.75, 3.05) is 33.2 Å². The lowest BCUT2D eigenvalue weighted by Gasteiger charge is -2.32. The number of likely N-dealkylation sites (N-methyl/N-ethyl adjacent to an activating group) is 1. The molecule has 1 saturated heterocycles. The maximum atomic E-state index is 13.1. The van der Waals surface area contributed by atoms with E-state index < -0.39 is 11.8 Å². The molecule has 0 saturated carbocycles. The van der Waals surface area contributed by atoms with E-state index in [1.54, 1.807) is 6.07 Å². The predicted octanol–water partition coefficient (Wildman–Crippen LogP) is 1.27. The third-order valence-corrected chi connectivity index (χ3v) is 3.29. The Kier molecular flexibility index (Phi) is 3.93. The van der Waals surface area contributed by atoms with Crippen LogP contribution in [0.5, 0.6) is 0 Å². The van der Waals surface area contributed by atoms with E-state index >= 15 is 0 Å². The molecule has 0 atom stereocenters. The van der Waals surface area contributed by atoms with E-state index in [1.165, 1.54) is 6.07 Å². The number of carboxylic acids is 1. The van der Waals surface area contributed by atoms with E-state index in [9.17, 15) is 9.18 Å². The van der Waals surface area contributed by atoms with Crippen LogP contribution in [0.15, 0.2) is 18.2 Å². The van der Waals surface area contributed by atoms with Crippen molar-refractivity contribution in [2.45, 2.75) is 6.54 Å². The summed E-state index contributed by atoms with van der Waals surface area (Å²) in [6.07, 6.45) is 0. The SMILES string of the molecule is CN1CCN(Cc2ccc(F)cc2C(=O)O)CC1. The summed E-state index contributed by atoms with van der Waals surface area (Å²) in [5.41, 5.74) is 0.738. The zero-order valence-electron chi connectivity index (χ0n) is 10.4. The molecule has 18 heavy (non-hydrogen) atoms. The van der Waals surface area contributed by atoms with Gasteiger partial charge in [-0.15, -0.1) is 0 Å². The Labute approximate surface area is 106 Å². The fourth-order valence-electron chi connectivity index (χ4n) is 2.13. The van der Waals surface area contributed by atoms with Gasteiger partial charge in [-0.05, 0) is 24.7 Å². The third kappa shape index (κ3) is 3.05. The zero-order valence-corrected chi connectivity index (χ0v) is 10.4. The highest BCUT2D eigenvalue weighted by Crippen LogP contribution is 2.15. The van der Waals surface area contributed by atoms with E-state index in [2.05, 4.69) is 16.8 Å². The van der Waals surface area contributed by atoms with Crippen LogP contribution >= 0.6 is 0 Å². The maximum absolute atomic E-state index is 13.1. The summed E-state index contributed by atoms with van der Waals surface area (Å²) in [6, 6.07) is 3.97. The van der Waals surface area contributed by atoms with Gasteiger partial charge < -0.3 is 10.0 Å². The summed E-state index contributed by atoms with van der Waals surface area (Å²) in [4.78, 5) is 15.5. The first-order valence-electron chi connectivity index (χ1n) is 5.99. The number of aromatic carboxylic acids is 1. The molecule has 0 aliphatic carbocycles. The first kappa shape index (κ1) is 13.0. The number of piperazine rings is 1. The van der Waals surface area contributed by atoms with Crippen molar-refractivity contribution in [3.63, 3.8) is 0 Å². The van der Waals surface area contributed by atoms with Crippen LogP contribution in [0.3, 0.4) is 0 Å². The van der Waals surface area contributed by atoms with E-state index in [4.69, 9.17) is 5.11 Å². The van der Waals surface area contributed by atoms with Crippen LogP contribution in [0.1, 0.15) is 15.9 Å². The summed E-state index contributed by atoms with van der Waals surface area (Å²) in [7, 11) is 2.07. The first-order valence-corrected chi connectivity index (χ1v) is 5.99. The van der Waals surface area contributed by atoms with Gasteiger partial charge in [0.15, 0.2) is 0 Å². The molecule has 2 rings (SSSR count). The molecular weight excluding hydrogens is 235 g/mol. The molecule has 1 aliphatic heterocycles. The lowest BCUT2D eigenvalue weighted by Crippen LogP contribution is -2.44. The van der Waals surface area contributed by atoms with E-state index in [-0.39, 0.29) is 5.56 Å². The van der Waals surface area contributed by atoms with Crippen LogP contribution in [-0.2, 0) is 6.54 Å². The number of nitrogens with zero attached hydrogens (tertiary/aromatic N) is 2. The number of rotatable bonds is 3. The number of benzene rings is 1. The van der Waals surface area contributed by atoms with Crippen molar-refractivity contribution in [2.24, 2.45) is 0 Å². The van der Waals surface area contributed by atoms with Gasteiger partial charge in [-0.25, -0.2) is 9.18 Å². The van der Waals surface area contributed by atoms with Crippen LogP contribution in [0.2, 0.25) is 0 Å². The quantitative estimate of drug-likeness (QED) is 0.880. The molecule has 0 bridgehead atoms. The molecule has 1 aliphatic rings. The van der Waals surface area contributed by atoms with Crippen LogP contribution in [0, 0.1) is 5.82 Å². The molecule has 5 heteroatoms. The molecule has 1 aromatic rings. The van der Waals surface area contributed by atoms with Crippen LogP contribution in [0.4, 0.5) is 4.39 Å². The highest BCUT2D eigenvalue weighted by molar-refractivity contribution is 5.89. The van der Waals surface area contributed by atoms with Crippen LogP contribution in [0.25, 0.3) is 0 Å². The average molecular weight is 252 g/mol. The summed E-state index contributed by atoms with van der Waals surface area (Å²) in [6.45, 7) is 4.34. The molecular formula is C13H17FN2O2. The number of hydrogen-bond donors (Lipinski definition) is 1. The molecule has 0 aromatic heterocycles. The van der Waals surface area contributed by atoms with Crippen LogP contribution in [-0.4, -0.2) is 54.1 Å². The monoisotopic (exact) mass is 252 g/mol. The van der Waals surface area contributed by atoms with Crippen molar-refractivity contribution >= 4 is 5.97 Å². The second-order valence-corrected chi connectivity index (χ2v) is 4.69. The fourth-order valence-corrected chi connectivity index (χ4v) is 2.13. The fraction of sp³-hybridized carbons (Fsp3) is 0.462. The van der Waals surface area contributed by atoms with Gasteiger partial charge in [0.1, 0.15) is 5.82 Å². The van der Waals surface area contributed by atoms with Gasteiger partial charge in [0, 0.05) is 32.7 Å². The van der Waals surface area contributed by atoms with E-state index in [0.29, 0.717) is 12.1 Å². The average Bonchev–Trinajstić information content (AvgIpc) is 2.34. The smallest absolute Gasteiger partial charge is 0.336 e. The van der Waals surface area contributed by atoms with Gasteiger partial charge >= 0.3 is 5.97 Å². The highest BCUT2D eigenvalue weighted by atomic mass is 19.1. The minimum Gasteiger partial charge on any atom is -0.478 e. The van der Waals surface area contributed by atoms with Gasteiger partial charge in [0.05, 0.1) is 5.56 Å². The van der Waals surface area contributed by atoms with Crippen molar-refractivity contribution in [1.29, 1.82) is 0 Å². The van der Waals surface area contributed by atoms with Crippen molar-refractivity contribution < 1.29 is 14.3 Å². The largest absolute Gasteiger partial charge is 0.478 e. The molecule has 1 N–H and O–H groups in total. The molecule has 0 unspecified atom stereocenters.